The van der Waals surface area contributed by atoms with Crippen molar-refractivity contribution < 1.29 is 37.3 Å². The standard InChI is InChI=1S/C16H15F4NO4/c1-2-25-15(24)9(6-21-16(7-22)3-4-16)14(23)8-5-10(17)12(19)13(20)11(8)18/h5-6,22-23H,2-4,7H2,1H3/b14-9-,21-6?. The summed E-state index contributed by atoms with van der Waals surface area (Å²) in [6.45, 7) is 1.06. The number of halogens is 4. The zero-order valence-electron chi connectivity index (χ0n) is 13.2. The van der Waals surface area contributed by atoms with E-state index in [1.165, 1.54) is 6.92 Å². The highest BCUT2D eigenvalue weighted by Crippen LogP contribution is 2.39. The van der Waals surface area contributed by atoms with Gasteiger partial charge in [-0.3, -0.25) is 4.99 Å². The van der Waals surface area contributed by atoms with E-state index in [2.05, 4.69) is 4.99 Å². The number of aliphatic hydroxyl groups is 2. The second kappa shape index (κ2) is 7.22. The Morgan fingerprint density at radius 1 is 1.28 bits per heavy atom. The van der Waals surface area contributed by atoms with Crippen LogP contribution in [0.25, 0.3) is 5.76 Å². The van der Waals surface area contributed by atoms with Gasteiger partial charge in [0.1, 0.15) is 11.3 Å². The molecule has 0 aromatic heterocycles. The lowest BCUT2D eigenvalue weighted by Crippen LogP contribution is -2.16. The van der Waals surface area contributed by atoms with Gasteiger partial charge in [0.05, 0.1) is 24.3 Å². The number of carbonyl (C=O) groups is 1. The van der Waals surface area contributed by atoms with E-state index >= 15 is 0 Å². The summed E-state index contributed by atoms with van der Waals surface area (Å²) in [5, 5.41) is 19.3. The summed E-state index contributed by atoms with van der Waals surface area (Å²) in [7, 11) is 0. The first-order chi connectivity index (χ1) is 11.8. The average Bonchev–Trinajstić information content (AvgIpc) is 3.37. The Kier molecular flexibility index (Phi) is 5.46. The van der Waals surface area contributed by atoms with Crippen molar-refractivity contribution in [2.24, 2.45) is 4.99 Å². The van der Waals surface area contributed by atoms with Crippen molar-refractivity contribution in [1.82, 2.24) is 0 Å². The van der Waals surface area contributed by atoms with E-state index in [1.807, 2.05) is 0 Å². The van der Waals surface area contributed by atoms with Crippen LogP contribution in [0.5, 0.6) is 0 Å². The van der Waals surface area contributed by atoms with Crippen molar-refractivity contribution in [3.05, 3.63) is 40.5 Å². The Balaban J connectivity index is 2.56. The van der Waals surface area contributed by atoms with Gasteiger partial charge in [-0.1, -0.05) is 0 Å². The third kappa shape index (κ3) is 3.81. The normalized spacial score (nSPS) is 16.7. The number of carbonyl (C=O) groups excluding carboxylic acids is 1. The molecule has 0 atom stereocenters. The van der Waals surface area contributed by atoms with Crippen molar-refractivity contribution in [2.75, 3.05) is 13.2 Å². The predicted molar refractivity (Wildman–Crippen MR) is 80.0 cm³/mol. The number of ether oxygens (including phenoxy) is 1. The molecule has 0 heterocycles. The fourth-order valence-corrected chi connectivity index (χ4v) is 1.98. The monoisotopic (exact) mass is 361 g/mol. The van der Waals surface area contributed by atoms with Crippen LogP contribution in [0.2, 0.25) is 0 Å². The molecule has 1 aliphatic rings. The molecule has 0 aliphatic heterocycles. The Bertz CT molecular complexity index is 757. The minimum atomic E-state index is -2.13. The zero-order chi connectivity index (χ0) is 18.8. The predicted octanol–water partition coefficient (Wildman–Crippen LogP) is 2.67. The van der Waals surface area contributed by atoms with Gasteiger partial charge >= 0.3 is 5.97 Å². The molecule has 136 valence electrons. The Morgan fingerprint density at radius 2 is 1.92 bits per heavy atom. The van der Waals surface area contributed by atoms with Crippen molar-refractivity contribution in [3.8, 4) is 0 Å². The van der Waals surface area contributed by atoms with E-state index < -0.39 is 51.7 Å². The van der Waals surface area contributed by atoms with E-state index in [9.17, 15) is 32.6 Å². The number of rotatable bonds is 6. The molecule has 0 radical (unpaired) electrons. The van der Waals surface area contributed by atoms with Crippen LogP contribution in [0, 0.1) is 23.3 Å². The Morgan fingerprint density at radius 3 is 2.44 bits per heavy atom. The number of hydrogen-bond acceptors (Lipinski definition) is 5. The maximum absolute atomic E-state index is 13.8. The first-order valence-corrected chi connectivity index (χ1v) is 7.36. The second-order valence-electron chi connectivity index (χ2n) is 5.47. The second-order valence-corrected chi connectivity index (χ2v) is 5.47. The topological polar surface area (TPSA) is 79.1 Å². The molecule has 2 rings (SSSR count). The summed E-state index contributed by atoms with van der Waals surface area (Å²) in [6.07, 6.45) is 1.91. The summed E-state index contributed by atoms with van der Waals surface area (Å²) in [5.74, 6) is -10.1. The molecule has 25 heavy (non-hydrogen) atoms. The molecule has 0 spiro atoms. The van der Waals surface area contributed by atoms with Crippen molar-refractivity contribution in [1.29, 1.82) is 0 Å². The van der Waals surface area contributed by atoms with Gasteiger partial charge in [0.15, 0.2) is 23.3 Å². The largest absolute Gasteiger partial charge is 0.506 e. The maximum atomic E-state index is 13.8. The van der Waals surface area contributed by atoms with E-state index in [4.69, 9.17) is 4.74 Å². The number of hydrogen-bond donors (Lipinski definition) is 2. The number of aliphatic hydroxyl groups excluding tert-OH is 2. The van der Waals surface area contributed by atoms with Crippen molar-refractivity contribution in [2.45, 2.75) is 25.3 Å². The van der Waals surface area contributed by atoms with Gasteiger partial charge < -0.3 is 14.9 Å². The van der Waals surface area contributed by atoms with Gasteiger partial charge in [-0.2, -0.15) is 0 Å². The Labute approximate surface area is 140 Å². The van der Waals surface area contributed by atoms with Crippen LogP contribution in [0.15, 0.2) is 16.6 Å². The van der Waals surface area contributed by atoms with Gasteiger partial charge in [0.25, 0.3) is 0 Å². The highest BCUT2D eigenvalue weighted by Gasteiger charge is 2.41. The van der Waals surface area contributed by atoms with Gasteiger partial charge in [0.2, 0.25) is 0 Å². The smallest absolute Gasteiger partial charge is 0.343 e. The van der Waals surface area contributed by atoms with E-state index in [1.54, 1.807) is 0 Å². The molecule has 0 amide bonds. The SMILES string of the molecule is CCOC(=O)/C(C=NC1(CO)CC1)=C(\O)c1cc(F)c(F)c(F)c1F. The first kappa shape index (κ1) is 18.9. The molecule has 0 bridgehead atoms. The number of nitrogens with zero attached hydrogens (tertiary/aromatic N) is 1. The minimum absolute atomic E-state index is 0.0940. The lowest BCUT2D eigenvalue weighted by molar-refractivity contribution is -0.137. The van der Waals surface area contributed by atoms with Crippen LogP contribution >= 0.6 is 0 Å². The van der Waals surface area contributed by atoms with Crippen molar-refractivity contribution in [3.63, 3.8) is 0 Å². The summed E-state index contributed by atoms with van der Waals surface area (Å²) >= 11 is 0. The highest BCUT2D eigenvalue weighted by atomic mass is 19.2. The summed E-state index contributed by atoms with van der Waals surface area (Å²) in [6, 6.07) is 0.217. The Hall–Kier alpha value is -2.42. The zero-order valence-corrected chi connectivity index (χ0v) is 13.2. The maximum Gasteiger partial charge on any atom is 0.343 e. The van der Waals surface area contributed by atoms with Gasteiger partial charge in [0, 0.05) is 6.21 Å². The highest BCUT2D eigenvalue weighted by molar-refractivity contribution is 6.15. The first-order valence-electron chi connectivity index (χ1n) is 7.36. The van der Waals surface area contributed by atoms with Gasteiger partial charge in [-0.25, -0.2) is 22.4 Å². The summed E-state index contributed by atoms with van der Waals surface area (Å²) in [5.41, 5.74) is -2.54. The molecule has 9 heteroatoms. The van der Waals surface area contributed by atoms with Gasteiger partial charge in [-0.15, -0.1) is 0 Å². The lowest BCUT2D eigenvalue weighted by Gasteiger charge is -2.10. The minimum Gasteiger partial charge on any atom is -0.506 e. The van der Waals surface area contributed by atoms with E-state index in [0.29, 0.717) is 12.8 Å². The average molecular weight is 361 g/mol. The van der Waals surface area contributed by atoms with Crippen LogP contribution in [0.4, 0.5) is 17.6 Å². The fourth-order valence-electron chi connectivity index (χ4n) is 1.98. The molecule has 1 saturated carbocycles. The molecular weight excluding hydrogens is 346 g/mol. The third-order valence-electron chi connectivity index (χ3n) is 3.70. The summed E-state index contributed by atoms with van der Waals surface area (Å²) in [4.78, 5) is 15.9. The number of benzene rings is 1. The van der Waals surface area contributed by atoms with Crippen LogP contribution in [-0.4, -0.2) is 41.1 Å². The molecule has 1 aliphatic carbocycles. The molecule has 2 N–H and O–H groups in total. The van der Waals surface area contributed by atoms with E-state index in [-0.39, 0.29) is 19.3 Å². The van der Waals surface area contributed by atoms with Gasteiger partial charge in [-0.05, 0) is 25.8 Å². The molecule has 0 unspecified atom stereocenters. The number of aliphatic imine (C=N–C) groups is 1. The van der Waals surface area contributed by atoms with Crippen molar-refractivity contribution >= 4 is 17.9 Å². The van der Waals surface area contributed by atoms with Crippen LogP contribution in [-0.2, 0) is 9.53 Å². The number of esters is 1. The molecule has 1 aromatic rings. The fraction of sp³-hybridized carbons (Fsp3) is 0.375. The molecule has 1 aromatic carbocycles. The summed E-state index contributed by atoms with van der Waals surface area (Å²) < 4.78 is 58.3. The van der Waals surface area contributed by atoms with Crippen LogP contribution in [0.1, 0.15) is 25.3 Å². The third-order valence-corrected chi connectivity index (χ3v) is 3.70. The molecular formula is C16H15F4NO4. The van der Waals surface area contributed by atoms with E-state index in [0.717, 1.165) is 6.21 Å². The lowest BCUT2D eigenvalue weighted by atomic mass is 10.1. The van der Waals surface area contributed by atoms with Crippen LogP contribution in [0.3, 0.4) is 0 Å². The molecule has 1 fully saturated rings. The van der Waals surface area contributed by atoms with Crippen LogP contribution < -0.4 is 0 Å². The quantitative estimate of drug-likeness (QED) is 0.155. The molecule has 0 saturated heterocycles. The molecule has 5 nitrogen and oxygen atoms in total.